The predicted molar refractivity (Wildman–Crippen MR) is 86.6 cm³/mol. The van der Waals surface area contributed by atoms with E-state index in [4.69, 9.17) is 4.42 Å². The van der Waals surface area contributed by atoms with Crippen LogP contribution in [0.4, 0.5) is 0 Å². The van der Waals surface area contributed by atoms with Gasteiger partial charge in [-0.05, 0) is 19.1 Å². The second kappa shape index (κ2) is 8.26. The predicted octanol–water partition coefficient (Wildman–Crippen LogP) is 2.51. The van der Waals surface area contributed by atoms with Crippen molar-refractivity contribution >= 4 is 17.3 Å². The maximum absolute atomic E-state index is 5.30. The molecular weight excluding hydrogens is 284 g/mol. The quantitative estimate of drug-likeness (QED) is 0.469. The summed E-state index contributed by atoms with van der Waals surface area (Å²) in [6, 6.07) is 3.86. The Bertz CT molecular complexity index is 574. The number of furan rings is 1. The molecule has 2 heterocycles. The summed E-state index contributed by atoms with van der Waals surface area (Å²) in [5.74, 6) is 1.72. The van der Waals surface area contributed by atoms with Crippen molar-refractivity contribution in [2.24, 2.45) is 4.99 Å². The molecule has 0 atom stereocenters. The van der Waals surface area contributed by atoms with E-state index in [1.54, 1.807) is 23.7 Å². The lowest BCUT2D eigenvalue weighted by atomic mass is 10.3. The fourth-order valence-corrected chi connectivity index (χ4v) is 2.43. The Morgan fingerprint density at radius 3 is 3.10 bits per heavy atom. The normalized spacial score (nSPS) is 11.4. The van der Waals surface area contributed by atoms with E-state index in [1.165, 1.54) is 4.88 Å². The fourth-order valence-electron chi connectivity index (χ4n) is 1.72. The summed E-state index contributed by atoms with van der Waals surface area (Å²) in [4.78, 5) is 10.0. The lowest BCUT2D eigenvalue weighted by molar-refractivity contribution is 0.507. The van der Waals surface area contributed by atoms with Gasteiger partial charge >= 0.3 is 0 Å². The molecule has 21 heavy (non-hydrogen) atoms. The minimum absolute atomic E-state index is 0.575. The van der Waals surface area contributed by atoms with E-state index in [0.29, 0.717) is 13.1 Å². The zero-order chi connectivity index (χ0) is 14.9. The smallest absolute Gasteiger partial charge is 0.191 e. The summed E-state index contributed by atoms with van der Waals surface area (Å²) in [5, 5.41) is 7.48. The Morgan fingerprint density at radius 2 is 2.43 bits per heavy atom. The Kier molecular flexibility index (Phi) is 6.02. The minimum atomic E-state index is 0.575. The van der Waals surface area contributed by atoms with Gasteiger partial charge in [-0.3, -0.25) is 0 Å². The molecule has 2 N–H and O–H groups in total. The topological polar surface area (TPSA) is 62.5 Å². The number of aliphatic imine (C=N–C) groups is 1. The molecule has 2 rings (SSSR count). The second-order valence-electron chi connectivity index (χ2n) is 4.46. The third-order valence-corrected chi connectivity index (χ3v) is 3.60. The molecule has 0 radical (unpaired) electrons. The molecule has 2 aromatic rings. The van der Waals surface area contributed by atoms with E-state index < -0.39 is 0 Å². The number of aromatic nitrogens is 1. The van der Waals surface area contributed by atoms with Crippen LogP contribution >= 0.6 is 11.3 Å². The Morgan fingerprint density at radius 1 is 1.52 bits per heavy atom. The maximum Gasteiger partial charge on any atom is 0.191 e. The van der Waals surface area contributed by atoms with Crippen LogP contribution in [0.3, 0.4) is 0 Å². The van der Waals surface area contributed by atoms with Crippen molar-refractivity contribution in [1.82, 2.24) is 15.6 Å². The molecular formula is C15H20N4OS. The van der Waals surface area contributed by atoms with Crippen molar-refractivity contribution in [3.8, 4) is 0 Å². The van der Waals surface area contributed by atoms with Crippen LogP contribution in [0.15, 0.2) is 46.7 Å². The van der Waals surface area contributed by atoms with Gasteiger partial charge in [0.2, 0.25) is 0 Å². The van der Waals surface area contributed by atoms with Crippen molar-refractivity contribution in [2.45, 2.75) is 19.9 Å². The van der Waals surface area contributed by atoms with Gasteiger partial charge in [-0.1, -0.05) is 6.08 Å². The van der Waals surface area contributed by atoms with Crippen molar-refractivity contribution in [3.05, 3.63) is 52.9 Å². The molecule has 0 bridgehead atoms. The van der Waals surface area contributed by atoms with Crippen molar-refractivity contribution in [1.29, 1.82) is 0 Å². The molecule has 0 aliphatic rings. The largest absolute Gasteiger partial charge is 0.469 e. The van der Waals surface area contributed by atoms with Crippen molar-refractivity contribution in [3.63, 3.8) is 0 Å². The van der Waals surface area contributed by atoms with Crippen LogP contribution in [-0.2, 0) is 13.0 Å². The number of thiazole rings is 1. The monoisotopic (exact) mass is 304 g/mol. The fraction of sp³-hybridized carbons (Fsp3) is 0.333. The van der Waals surface area contributed by atoms with Gasteiger partial charge in [0.25, 0.3) is 0 Å². The van der Waals surface area contributed by atoms with Crippen LogP contribution in [0.2, 0.25) is 0 Å². The molecule has 0 saturated carbocycles. The Balaban J connectivity index is 1.85. The number of hydrogen-bond donors (Lipinski definition) is 2. The van der Waals surface area contributed by atoms with E-state index in [1.807, 2.05) is 25.3 Å². The molecule has 0 unspecified atom stereocenters. The average Bonchev–Trinajstić information content (AvgIpc) is 3.13. The first-order chi connectivity index (χ1) is 10.3. The highest BCUT2D eigenvalue weighted by Crippen LogP contribution is 2.11. The van der Waals surface area contributed by atoms with Gasteiger partial charge in [-0.2, -0.15) is 0 Å². The zero-order valence-corrected chi connectivity index (χ0v) is 12.9. The minimum Gasteiger partial charge on any atom is -0.469 e. The van der Waals surface area contributed by atoms with Gasteiger partial charge in [-0.25, -0.2) is 9.98 Å². The van der Waals surface area contributed by atoms with Gasteiger partial charge in [0.15, 0.2) is 5.96 Å². The third kappa shape index (κ3) is 5.43. The van der Waals surface area contributed by atoms with Crippen LogP contribution in [-0.4, -0.2) is 24.0 Å². The molecule has 2 aromatic heterocycles. The first-order valence-corrected chi connectivity index (χ1v) is 7.66. The summed E-state index contributed by atoms with van der Waals surface area (Å²) < 4.78 is 5.30. The van der Waals surface area contributed by atoms with Crippen molar-refractivity contribution < 1.29 is 4.42 Å². The second-order valence-corrected chi connectivity index (χ2v) is 5.77. The molecule has 112 valence electrons. The standard InChI is InChI=1S/C15H20N4OS/c1-3-7-16-15(17-8-6-13-5-4-9-20-13)19-11-14-18-10-12(2)21-14/h3-5,9-10H,1,6-8,11H2,2H3,(H2,16,17,19). The summed E-state index contributed by atoms with van der Waals surface area (Å²) in [6.45, 7) is 7.75. The van der Waals surface area contributed by atoms with E-state index in [0.717, 1.165) is 29.7 Å². The van der Waals surface area contributed by atoms with Crippen LogP contribution in [0.25, 0.3) is 0 Å². The third-order valence-electron chi connectivity index (χ3n) is 2.70. The average molecular weight is 304 g/mol. The number of hydrogen-bond acceptors (Lipinski definition) is 4. The van der Waals surface area contributed by atoms with Gasteiger partial charge in [0.1, 0.15) is 10.8 Å². The van der Waals surface area contributed by atoms with Crippen LogP contribution in [0.5, 0.6) is 0 Å². The van der Waals surface area contributed by atoms with Crippen LogP contribution in [0, 0.1) is 6.92 Å². The van der Waals surface area contributed by atoms with Crippen molar-refractivity contribution in [2.75, 3.05) is 13.1 Å². The number of aryl methyl sites for hydroxylation is 1. The van der Waals surface area contributed by atoms with Gasteiger partial charge in [0, 0.05) is 30.6 Å². The molecule has 6 heteroatoms. The molecule has 0 aromatic carbocycles. The van der Waals surface area contributed by atoms with Crippen LogP contribution < -0.4 is 10.6 Å². The molecule has 0 spiro atoms. The summed E-state index contributed by atoms with van der Waals surface area (Å²) in [6.07, 6.45) is 6.18. The molecule has 5 nitrogen and oxygen atoms in total. The first kappa shape index (κ1) is 15.3. The van der Waals surface area contributed by atoms with E-state index in [-0.39, 0.29) is 0 Å². The molecule has 0 amide bonds. The number of nitrogens with zero attached hydrogens (tertiary/aromatic N) is 2. The molecule has 0 aliphatic heterocycles. The van der Waals surface area contributed by atoms with Gasteiger partial charge in [-0.15, -0.1) is 17.9 Å². The van der Waals surface area contributed by atoms with Crippen LogP contribution in [0.1, 0.15) is 15.6 Å². The summed E-state index contributed by atoms with van der Waals surface area (Å²) in [7, 11) is 0. The lowest BCUT2D eigenvalue weighted by Gasteiger charge is -2.10. The SMILES string of the molecule is C=CCNC(=NCc1ncc(C)s1)NCCc1ccco1. The highest BCUT2D eigenvalue weighted by Gasteiger charge is 2.01. The van der Waals surface area contributed by atoms with E-state index >= 15 is 0 Å². The van der Waals surface area contributed by atoms with E-state index in [2.05, 4.69) is 27.2 Å². The maximum atomic E-state index is 5.30. The van der Waals surface area contributed by atoms with Gasteiger partial charge < -0.3 is 15.1 Å². The zero-order valence-electron chi connectivity index (χ0n) is 12.1. The summed E-state index contributed by atoms with van der Waals surface area (Å²) in [5.41, 5.74) is 0. The molecule has 0 aliphatic carbocycles. The summed E-state index contributed by atoms with van der Waals surface area (Å²) >= 11 is 1.67. The number of nitrogens with one attached hydrogen (secondary N) is 2. The first-order valence-electron chi connectivity index (χ1n) is 6.84. The van der Waals surface area contributed by atoms with E-state index in [9.17, 15) is 0 Å². The Labute approximate surface area is 128 Å². The Hall–Kier alpha value is -2.08. The number of rotatable bonds is 7. The highest BCUT2D eigenvalue weighted by molar-refractivity contribution is 7.11. The van der Waals surface area contributed by atoms with Gasteiger partial charge in [0.05, 0.1) is 12.8 Å². The highest BCUT2D eigenvalue weighted by atomic mass is 32.1. The number of guanidine groups is 1. The molecule has 0 saturated heterocycles. The molecule has 0 fully saturated rings. The lowest BCUT2D eigenvalue weighted by Crippen LogP contribution is -2.38.